The van der Waals surface area contributed by atoms with Crippen molar-refractivity contribution in [2.24, 2.45) is 5.73 Å². The molecule has 3 rings (SSSR count). The molecule has 0 radical (unpaired) electrons. The number of hydrogen-bond donors (Lipinski definition) is 2. The predicted molar refractivity (Wildman–Crippen MR) is 87.6 cm³/mol. The molecule has 0 spiro atoms. The van der Waals surface area contributed by atoms with Gasteiger partial charge in [-0.2, -0.15) is 0 Å². The summed E-state index contributed by atoms with van der Waals surface area (Å²) in [5.41, 5.74) is 9.79. The summed E-state index contributed by atoms with van der Waals surface area (Å²) >= 11 is 0. The normalized spacial score (nSPS) is 10.7. The Hall–Kier alpha value is -2.86. The summed E-state index contributed by atoms with van der Waals surface area (Å²) in [6.07, 6.45) is 3.25. The van der Waals surface area contributed by atoms with E-state index in [4.69, 9.17) is 10.2 Å². The summed E-state index contributed by atoms with van der Waals surface area (Å²) < 4.78 is 7.17. The number of nitrogens with two attached hydrogens (primary N) is 1. The minimum Gasteiger partial charge on any atom is -0.467 e. The molecule has 23 heavy (non-hydrogen) atoms. The molecule has 0 saturated carbocycles. The van der Waals surface area contributed by atoms with Crippen LogP contribution in [0.3, 0.4) is 0 Å². The van der Waals surface area contributed by atoms with Gasteiger partial charge in [0.25, 0.3) is 5.91 Å². The van der Waals surface area contributed by atoms with Crippen molar-refractivity contribution in [1.82, 2.24) is 9.55 Å². The lowest BCUT2D eigenvalue weighted by atomic mass is 10.2. The van der Waals surface area contributed by atoms with E-state index < -0.39 is 0 Å². The number of rotatable bonds is 4. The molecular weight excluding hydrogens is 292 g/mol. The highest BCUT2D eigenvalue weighted by molar-refractivity contribution is 6.04. The summed E-state index contributed by atoms with van der Waals surface area (Å²) in [6, 6.07) is 9.18. The average Bonchev–Trinajstić information content (AvgIpc) is 3.16. The van der Waals surface area contributed by atoms with Gasteiger partial charge in [-0.15, -0.1) is 0 Å². The van der Waals surface area contributed by atoms with Crippen LogP contribution in [0, 0.1) is 13.8 Å². The molecule has 3 N–H and O–H groups in total. The van der Waals surface area contributed by atoms with E-state index in [0.29, 0.717) is 17.0 Å². The van der Waals surface area contributed by atoms with Crippen LogP contribution in [-0.4, -0.2) is 15.5 Å². The largest absolute Gasteiger partial charge is 0.467 e. The number of amides is 1. The highest BCUT2D eigenvalue weighted by atomic mass is 16.3. The summed E-state index contributed by atoms with van der Waals surface area (Å²) in [5, 5.41) is 2.84. The fourth-order valence-corrected chi connectivity index (χ4v) is 2.36. The van der Waals surface area contributed by atoms with Crippen molar-refractivity contribution < 1.29 is 9.21 Å². The highest BCUT2D eigenvalue weighted by Crippen LogP contribution is 2.18. The number of nitrogens with zero attached hydrogens (tertiary/aromatic N) is 2. The molecule has 0 fully saturated rings. The van der Waals surface area contributed by atoms with Crippen LogP contribution in [-0.2, 0) is 6.54 Å². The van der Waals surface area contributed by atoms with Gasteiger partial charge in [-0.05, 0) is 44.2 Å². The number of anilines is 1. The molecule has 1 aromatic carbocycles. The van der Waals surface area contributed by atoms with E-state index in [2.05, 4.69) is 10.3 Å². The molecule has 0 saturated heterocycles. The summed E-state index contributed by atoms with van der Waals surface area (Å²) in [4.78, 5) is 16.5. The van der Waals surface area contributed by atoms with Gasteiger partial charge in [0.15, 0.2) is 0 Å². The molecule has 2 aromatic heterocycles. The second kappa shape index (κ2) is 6.10. The molecular formula is C17H18N4O2. The molecule has 2 heterocycles. The minimum atomic E-state index is -0.235. The number of carbonyl (C=O) groups is 1. The molecule has 0 unspecified atom stereocenters. The van der Waals surface area contributed by atoms with E-state index >= 15 is 0 Å². The fraction of sp³-hybridized carbons (Fsp3) is 0.176. The van der Waals surface area contributed by atoms with E-state index in [1.165, 1.54) is 6.26 Å². The van der Waals surface area contributed by atoms with E-state index in [9.17, 15) is 4.79 Å². The fourth-order valence-electron chi connectivity index (χ4n) is 2.36. The average molecular weight is 310 g/mol. The molecule has 0 atom stereocenters. The number of imidazole rings is 1. The van der Waals surface area contributed by atoms with Crippen molar-refractivity contribution in [3.63, 3.8) is 0 Å². The van der Waals surface area contributed by atoms with Gasteiger partial charge in [0.05, 0.1) is 30.4 Å². The first-order valence-electron chi connectivity index (χ1n) is 7.29. The van der Waals surface area contributed by atoms with Crippen LogP contribution in [0.25, 0.3) is 5.69 Å². The zero-order valence-electron chi connectivity index (χ0n) is 13.0. The number of carbonyl (C=O) groups excluding carboxylic acids is 1. The van der Waals surface area contributed by atoms with E-state index in [0.717, 1.165) is 17.1 Å². The molecule has 1 amide bonds. The zero-order valence-corrected chi connectivity index (χ0v) is 13.0. The molecule has 6 heteroatoms. The van der Waals surface area contributed by atoms with Crippen molar-refractivity contribution in [2.45, 2.75) is 20.4 Å². The van der Waals surface area contributed by atoms with Gasteiger partial charge >= 0.3 is 0 Å². The lowest BCUT2D eigenvalue weighted by Crippen LogP contribution is -2.14. The smallest absolute Gasteiger partial charge is 0.259 e. The molecule has 6 nitrogen and oxygen atoms in total. The Kier molecular flexibility index (Phi) is 3.99. The molecule has 118 valence electrons. The maximum absolute atomic E-state index is 12.2. The maximum atomic E-state index is 12.2. The van der Waals surface area contributed by atoms with Gasteiger partial charge in [0.2, 0.25) is 0 Å². The third-order valence-corrected chi connectivity index (χ3v) is 3.83. The molecule has 0 aliphatic carbocycles. The van der Waals surface area contributed by atoms with Gasteiger partial charge in [-0.25, -0.2) is 4.98 Å². The Morgan fingerprint density at radius 2 is 2.00 bits per heavy atom. The SMILES string of the molecule is Cc1ncn(-c2ccc(NC(=O)c3ccoc3CN)cc2)c1C. The Bertz CT molecular complexity index is 831. The second-order valence-electron chi connectivity index (χ2n) is 5.25. The van der Waals surface area contributed by atoms with Crippen molar-refractivity contribution in [3.05, 3.63) is 65.6 Å². The number of benzene rings is 1. The monoisotopic (exact) mass is 310 g/mol. The lowest BCUT2D eigenvalue weighted by molar-refractivity contribution is 0.102. The quantitative estimate of drug-likeness (QED) is 0.776. The molecule has 0 aliphatic heterocycles. The van der Waals surface area contributed by atoms with Crippen LogP contribution in [0.4, 0.5) is 5.69 Å². The Balaban J connectivity index is 1.78. The standard InChI is InChI=1S/C17H18N4O2/c1-11-12(2)21(10-19-11)14-5-3-13(4-6-14)20-17(22)15-7-8-23-16(15)9-18/h3-8,10H,9,18H2,1-2H3,(H,20,22). The van der Waals surface area contributed by atoms with E-state index in [1.54, 1.807) is 12.4 Å². The third kappa shape index (κ3) is 2.89. The Morgan fingerprint density at radius 3 is 2.61 bits per heavy atom. The Morgan fingerprint density at radius 1 is 1.26 bits per heavy atom. The first-order chi connectivity index (χ1) is 11.1. The summed E-state index contributed by atoms with van der Waals surface area (Å²) in [7, 11) is 0. The molecule has 0 aliphatic rings. The lowest BCUT2D eigenvalue weighted by Gasteiger charge is -2.08. The van der Waals surface area contributed by atoms with E-state index in [-0.39, 0.29) is 12.5 Å². The Labute approximate surface area is 133 Å². The summed E-state index contributed by atoms with van der Waals surface area (Å²) in [6.45, 7) is 4.18. The minimum absolute atomic E-state index is 0.188. The second-order valence-corrected chi connectivity index (χ2v) is 5.25. The van der Waals surface area contributed by atoms with Crippen molar-refractivity contribution in [1.29, 1.82) is 0 Å². The molecule has 0 bridgehead atoms. The van der Waals surface area contributed by atoms with Gasteiger partial charge in [0, 0.05) is 17.1 Å². The van der Waals surface area contributed by atoms with Crippen LogP contribution in [0.15, 0.2) is 47.3 Å². The van der Waals surface area contributed by atoms with Crippen LogP contribution in [0.1, 0.15) is 27.5 Å². The number of furan rings is 1. The first kappa shape index (κ1) is 15.1. The van der Waals surface area contributed by atoms with E-state index in [1.807, 2.05) is 42.7 Å². The first-order valence-corrected chi connectivity index (χ1v) is 7.29. The number of aryl methyl sites for hydroxylation is 1. The van der Waals surface area contributed by atoms with Crippen LogP contribution in [0.2, 0.25) is 0 Å². The number of aromatic nitrogens is 2. The third-order valence-electron chi connectivity index (χ3n) is 3.83. The van der Waals surface area contributed by atoms with Crippen LogP contribution in [0.5, 0.6) is 0 Å². The topological polar surface area (TPSA) is 86.1 Å². The zero-order chi connectivity index (χ0) is 16.4. The van der Waals surface area contributed by atoms with Crippen molar-refractivity contribution in [2.75, 3.05) is 5.32 Å². The number of nitrogens with one attached hydrogen (secondary N) is 1. The predicted octanol–water partition coefficient (Wildman–Crippen LogP) is 2.79. The summed E-state index contributed by atoms with van der Waals surface area (Å²) in [5.74, 6) is 0.241. The van der Waals surface area contributed by atoms with Gasteiger partial charge in [-0.1, -0.05) is 0 Å². The van der Waals surface area contributed by atoms with Gasteiger partial charge < -0.3 is 20.0 Å². The number of hydrogen-bond acceptors (Lipinski definition) is 4. The highest BCUT2D eigenvalue weighted by Gasteiger charge is 2.13. The van der Waals surface area contributed by atoms with Crippen LogP contribution < -0.4 is 11.1 Å². The van der Waals surface area contributed by atoms with Gasteiger partial charge in [-0.3, -0.25) is 4.79 Å². The maximum Gasteiger partial charge on any atom is 0.259 e. The van der Waals surface area contributed by atoms with Crippen molar-refractivity contribution in [3.8, 4) is 5.69 Å². The van der Waals surface area contributed by atoms with Gasteiger partial charge in [0.1, 0.15) is 5.76 Å². The van der Waals surface area contributed by atoms with Crippen molar-refractivity contribution >= 4 is 11.6 Å². The molecule has 3 aromatic rings. The van der Waals surface area contributed by atoms with Crippen LogP contribution >= 0.6 is 0 Å².